The third kappa shape index (κ3) is 2.33. The summed E-state index contributed by atoms with van der Waals surface area (Å²) in [6.07, 6.45) is 3.55. The zero-order valence-electron chi connectivity index (χ0n) is 8.61. The van der Waals surface area contributed by atoms with Gasteiger partial charge in [0.1, 0.15) is 5.69 Å². The topological polar surface area (TPSA) is 46.9 Å². The van der Waals surface area contributed by atoms with Crippen molar-refractivity contribution >= 4 is 38.3 Å². The first-order valence-corrected chi connectivity index (χ1v) is 6.39. The Morgan fingerprint density at radius 3 is 3.12 bits per heavy atom. The summed E-state index contributed by atoms with van der Waals surface area (Å²) in [4.78, 5) is 15.9. The molecule has 1 amide bonds. The van der Waals surface area contributed by atoms with Crippen molar-refractivity contribution in [3.8, 4) is 0 Å². The van der Waals surface area contributed by atoms with Gasteiger partial charge in [-0.2, -0.15) is 0 Å². The fraction of sp³-hybridized carbons (Fsp3) is 0.200. The normalized spacial score (nSPS) is 10.4. The van der Waals surface area contributed by atoms with E-state index >= 15 is 0 Å². The number of nitrogens with one attached hydrogen (secondary N) is 1. The van der Waals surface area contributed by atoms with Gasteiger partial charge in [0.25, 0.3) is 5.91 Å². The molecule has 0 atom stereocenters. The number of carbonyl (C=O) groups is 1. The van der Waals surface area contributed by atoms with Gasteiger partial charge < -0.3 is 4.57 Å². The molecule has 0 unspecified atom stereocenters. The van der Waals surface area contributed by atoms with Crippen LogP contribution in [0, 0.1) is 0 Å². The van der Waals surface area contributed by atoms with Gasteiger partial charge in [0, 0.05) is 12.7 Å². The molecule has 1 N–H and O–H groups in total. The highest BCUT2D eigenvalue weighted by atomic mass is 79.9. The van der Waals surface area contributed by atoms with E-state index in [1.807, 2.05) is 23.8 Å². The molecule has 0 radical (unpaired) electrons. The molecule has 0 aliphatic carbocycles. The number of anilines is 1. The Hall–Kier alpha value is -1.14. The number of rotatable bonds is 3. The Labute approximate surface area is 105 Å². The molecular weight excluding hydrogens is 290 g/mol. The van der Waals surface area contributed by atoms with Crippen LogP contribution in [0.15, 0.2) is 28.3 Å². The molecule has 0 saturated heterocycles. The number of nitrogens with zero attached hydrogens (tertiary/aromatic N) is 2. The smallest absolute Gasteiger partial charge is 0.274 e. The van der Waals surface area contributed by atoms with Gasteiger partial charge in [-0.15, -0.1) is 0 Å². The van der Waals surface area contributed by atoms with Crippen molar-refractivity contribution < 1.29 is 4.79 Å². The molecule has 4 nitrogen and oxygen atoms in total. The van der Waals surface area contributed by atoms with E-state index in [0.717, 1.165) is 10.3 Å². The predicted molar refractivity (Wildman–Crippen MR) is 67.9 cm³/mol. The van der Waals surface area contributed by atoms with Crippen LogP contribution >= 0.6 is 27.3 Å². The molecule has 2 rings (SSSR count). The Balaban J connectivity index is 2.14. The second-order valence-corrected chi connectivity index (χ2v) is 5.51. The molecule has 0 spiro atoms. The summed E-state index contributed by atoms with van der Waals surface area (Å²) >= 11 is 4.69. The lowest BCUT2D eigenvalue weighted by Crippen LogP contribution is -2.16. The van der Waals surface area contributed by atoms with E-state index in [9.17, 15) is 4.79 Å². The van der Waals surface area contributed by atoms with Crippen molar-refractivity contribution in [2.75, 3.05) is 5.32 Å². The lowest BCUT2D eigenvalue weighted by atomic mass is 10.4. The average Bonchev–Trinajstić information content (AvgIpc) is 2.86. The summed E-state index contributed by atoms with van der Waals surface area (Å²) in [5, 5.41) is 3.36. The molecule has 0 fully saturated rings. The first kappa shape index (κ1) is 11.3. The van der Waals surface area contributed by atoms with Crippen LogP contribution in [0.25, 0.3) is 0 Å². The molecule has 16 heavy (non-hydrogen) atoms. The number of hydrogen-bond acceptors (Lipinski definition) is 3. The standard InChI is InChI=1S/C10H10BrN3OS/c1-2-14-5-3-4-7(14)9(15)13-10-12-6-8(11)16-10/h3-6H,2H2,1H3,(H,12,13,15). The minimum Gasteiger partial charge on any atom is -0.344 e. The summed E-state index contributed by atoms with van der Waals surface area (Å²) in [5.74, 6) is -0.131. The van der Waals surface area contributed by atoms with Crippen molar-refractivity contribution in [1.29, 1.82) is 0 Å². The van der Waals surface area contributed by atoms with Crippen LogP contribution in [0.4, 0.5) is 5.13 Å². The SMILES string of the molecule is CCn1cccc1C(=O)Nc1ncc(Br)s1. The van der Waals surface area contributed by atoms with Crippen molar-refractivity contribution in [1.82, 2.24) is 9.55 Å². The van der Waals surface area contributed by atoms with Crippen molar-refractivity contribution in [2.45, 2.75) is 13.5 Å². The third-order valence-corrected chi connectivity index (χ3v) is 3.49. The zero-order valence-corrected chi connectivity index (χ0v) is 11.0. The lowest BCUT2D eigenvalue weighted by molar-refractivity contribution is 0.101. The first-order valence-electron chi connectivity index (χ1n) is 4.78. The highest BCUT2D eigenvalue weighted by Gasteiger charge is 2.11. The molecular formula is C10H10BrN3OS. The van der Waals surface area contributed by atoms with E-state index < -0.39 is 0 Å². The fourth-order valence-electron chi connectivity index (χ4n) is 1.37. The summed E-state index contributed by atoms with van der Waals surface area (Å²) in [6.45, 7) is 2.77. The quantitative estimate of drug-likeness (QED) is 0.947. The van der Waals surface area contributed by atoms with Crippen LogP contribution in [0.2, 0.25) is 0 Å². The maximum Gasteiger partial charge on any atom is 0.274 e. The van der Waals surface area contributed by atoms with Gasteiger partial charge >= 0.3 is 0 Å². The molecule has 0 saturated carbocycles. The molecule has 84 valence electrons. The van der Waals surface area contributed by atoms with Gasteiger partial charge in [-0.05, 0) is 35.0 Å². The van der Waals surface area contributed by atoms with Crippen LogP contribution in [0.5, 0.6) is 0 Å². The summed E-state index contributed by atoms with van der Waals surface area (Å²) in [6, 6.07) is 3.65. The van der Waals surface area contributed by atoms with Gasteiger partial charge in [-0.3, -0.25) is 10.1 Å². The maximum absolute atomic E-state index is 11.9. The number of hydrogen-bond donors (Lipinski definition) is 1. The van der Waals surface area contributed by atoms with Gasteiger partial charge in [-0.25, -0.2) is 4.98 Å². The molecule has 6 heteroatoms. The number of aromatic nitrogens is 2. The number of carbonyl (C=O) groups excluding carboxylic acids is 1. The summed E-state index contributed by atoms with van der Waals surface area (Å²) < 4.78 is 2.78. The highest BCUT2D eigenvalue weighted by Crippen LogP contribution is 2.23. The van der Waals surface area contributed by atoms with Crippen LogP contribution in [-0.4, -0.2) is 15.5 Å². The Morgan fingerprint density at radius 1 is 1.69 bits per heavy atom. The van der Waals surface area contributed by atoms with Gasteiger partial charge in [-0.1, -0.05) is 11.3 Å². The van der Waals surface area contributed by atoms with Crippen LogP contribution in [0.3, 0.4) is 0 Å². The maximum atomic E-state index is 11.9. The number of aryl methyl sites for hydroxylation is 1. The fourth-order valence-corrected chi connectivity index (χ4v) is 2.47. The van der Waals surface area contributed by atoms with E-state index in [0.29, 0.717) is 10.8 Å². The van der Waals surface area contributed by atoms with Crippen molar-refractivity contribution in [3.63, 3.8) is 0 Å². The van der Waals surface area contributed by atoms with Gasteiger partial charge in [0.2, 0.25) is 0 Å². The first-order chi connectivity index (χ1) is 7.70. The lowest BCUT2D eigenvalue weighted by Gasteiger charge is -2.05. The van der Waals surface area contributed by atoms with Crippen molar-refractivity contribution in [3.05, 3.63) is 34.0 Å². The van der Waals surface area contributed by atoms with E-state index in [1.165, 1.54) is 11.3 Å². The predicted octanol–water partition coefficient (Wildman–Crippen LogP) is 2.98. The van der Waals surface area contributed by atoms with E-state index in [-0.39, 0.29) is 5.91 Å². The molecule has 0 bridgehead atoms. The molecule has 2 aromatic heterocycles. The Bertz CT molecular complexity index is 506. The molecule has 0 aromatic carbocycles. The van der Waals surface area contributed by atoms with E-state index in [4.69, 9.17) is 0 Å². The number of amides is 1. The second kappa shape index (κ2) is 4.80. The monoisotopic (exact) mass is 299 g/mol. The summed E-state index contributed by atoms with van der Waals surface area (Å²) in [5.41, 5.74) is 0.647. The van der Waals surface area contributed by atoms with E-state index in [2.05, 4.69) is 26.2 Å². The largest absolute Gasteiger partial charge is 0.344 e. The van der Waals surface area contributed by atoms with Crippen LogP contribution < -0.4 is 5.32 Å². The van der Waals surface area contributed by atoms with Crippen molar-refractivity contribution in [2.24, 2.45) is 0 Å². The molecule has 0 aliphatic rings. The third-order valence-electron chi connectivity index (χ3n) is 2.10. The van der Waals surface area contributed by atoms with E-state index in [1.54, 1.807) is 12.3 Å². The number of thiazole rings is 1. The zero-order chi connectivity index (χ0) is 11.5. The Kier molecular flexibility index (Phi) is 3.40. The van der Waals surface area contributed by atoms with Crippen LogP contribution in [0.1, 0.15) is 17.4 Å². The van der Waals surface area contributed by atoms with Crippen LogP contribution in [-0.2, 0) is 6.54 Å². The number of halogens is 1. The average molecular weight is 300 g/mol. The minimum absolute atomic E-state index is 0.131. The van der Waals surface area contributed by atoms with Gasteiger partial charge in [0.15, 0.2) is 5.13 Å². The highest BCUT2D eigenvalue weighted by molar-refractivity contribution is 9.11. The molecule has 2 heterocycles. The Morgan fingerprint density at radius 2 is 2.50 bits per heavy atom. The van der Waals surface area contributed by atoms with Gasteiger partial charge in [0.05, 0.1) is 9.98 Å². The molecule has 0 aliphatic heterocycles. The molecule has 2 aromatic rings. The summed E-state index contributed by atoms with van der Waals surface area (Å²) in [7, 11) is 0. The second-order valence-electron chi connectivity index (χ2n) is 3.10. The minimum atomic E-state index is -0.131.